The van der Waals surface area contributed by atoms with Gasteiger partial charge in [-0.3, -0.25) is 0 Å². The molecule has 0 amide bonds. The van der Waals surface area contributed by atoms with Crippen LogP contribution in [0.2, 0.25) is 0 Å². The summed E-state index contributed by atoms with van der Waals surface area (Å²) in [6.45, 7) is 0. The molecule has 0 fully saturated rings. The summed E-state index contributed by atoms with van der Waals surface area (Å²) in [4.78, 5) is 0. The molecule has 0 aromatic carbocycles. The second-order valence-corrected chi connectivity index (χ2v) is 0. The van der Waals surface area contributed by atoms with Gasteiger partial charge in [0.2, 0.25) is 0 Å². The first-order chi connectivity index (χ1) is 0. The Hall–Kier alpha value is 2.11. The molecule has 0 spiro atoms. The second-order valence-electron chi connectivity index (χ2n) is 0. The fourth-order valence-corrected chi connectivity index (χ4v) is 0. The summed E-state index contributed by atoms with van der Waals surface area (Å²) in [5, 5.41) is 0. The summed E-state index contributed by atoms with van der Waals surface area (Å²) in [7, 11) is 0. The first-order valence-electron chi connectivity index (χ1n) is 0. The van der Waals surface area contributed by atoms with Gasteiger partial charge in [0.1, 0.15) is 0 Å². The third-order valence-corrected chi connectivity index (χ3v) is 0. The van der Waals surface area contributed by atoms with E-state index in [0.29, 0.717) is 0 Å². The number of hydrogen-bond acceptors (Lipinski definition) is 0. The molecule has 0 aromatic heterocycles. The average Bonchev–Trinajstić information content (AvgIpc) is 0. The van der Waals surface area contributed by atoms with Gasteiger partial charge in [-0.05, 0) is 0 Å². The molecule has 0 unspecified atom stereocenters. The zero-order chi connectivity index (χ0) is 0. The topological polar surface area (TPSA) is 0 Å². The van der Waals surface area contributed by atoms with Gasteiger partial charge in [0.05, 0.1) is 0 Å². The molecule has 4 heteroatoms. The molecule has 0 bridgehead atoms. The molecule has 13 radical (unpaired) electrons. The van der Waals surface area contributed by atoms with Gasteiger partial charge in [0.15, 0.2) is 0 Å². The van der Waals surface area contributed by atoms with E-state index < -0.39 is 0 Å². The van der Waals surface area contributed by atoms with Crippen LogP contribution in [0.3, 0.4) is 0 Å². The van der Waals surface area contributed by atoms with Crippen molar-refractivity contribution in [3.63, 3.8) is 0 Å². The van der Waals surface area contributed by atoms with E-state index in [0.717, 1.165) is 0 Å². The molecular formula is AsGeSiTe. The van der Waals surface area contributed by atoms with Crippen LogP contribution in [-0.2, 0) is 0 Å². The molecule has 0 N–H and O–H groups in total. The van der Waals surface area contributed by atoms with Crippen molar-refractivity contribution < 1.29 is 0 Å². The van der Waals surface area contributed by atoms with Gasteiger partial charge in [-0.2, -0.15) is 0 Å². The second kappa shape index (κ2) is 19.4. The molecule has 0 saturated heterocycles. The summed E-state index contributed by atoms with van der Waals surface area (Å²) in [6, 6.07) is 0. The Balaban J connectivity index is 0. The van der Waals surface area contributed by atoms with Crippen LogP contribution in [0.5, 0.6) is 0 Å². The third-order valence-electron chi connectivity index (χ3n) is 0. The van der Waals surface area contributed by atoms with Crippen LogP contribution in [-0.4, -0.2) is 70.2 Å². The van der Waals surface area contributed by atoms with Crippen LogP contribution in [0.1, 0.15) is 0 Å². The van der Waals surface area contributed by atoms with Gasteiger partial charge in [0, 0.05) is 70.2 Å². The standard InChI is InChI=1S/As.Ge.Si.Te. The van der Waals surface area contributed by atoms with Crippen LogP contribution >= 0.6 is 0 Å². The van der Waals surface area contributed by atoms with E-state index in [1.54, 1.807) is 0 Å². The molecular weight excluding hydrogens is 303 g/mol. The van der Waals surface area contributed by atoms with Crippen molar-refractivity contribution in [1.29, 1.82) is 0 Å². The van der Waals surface area contributed by atoms with Crippen LogP contribution < -0.4 is 0 Å². The molecule has 4 heavy (non-hydrogen) atoms. The van der Waals surface area contributed by atoms with Crippen LogP contribution in [0, 0.1) is 0 Å². The van der Waals surface area contributed by atoms with Gasteiger partial charge in [-0.25, -0.2) is 0 Å². The predicted molar refractivity (Wildman–Crippen MR) is 23.0 cm³/mol. The molecule has 0 aliphatic carbocycles. The minimum atomic E-state index is 0. The van der Waals surface area contributed by atoms with Crippen molar-refractivity contribution in [3.05, 3.63) is 0 Å². The first-order valence-corrected chi connectivity index (χ1v) is 0. The van der Waals surface area contributed by atoms with E-state index in [4.69, 9.17) is 0 Å². The van der Waals surface area contributed by atoms with Gasteiger partial charge in [0.25, 0.3) is 0 Å². The zero-order valence-electron chi connectivity index (χ0n) is 1.86. The van der Waals surface area contributed by atoms with Crippen molar-refractivity contribution in [2.24, 2.45) is 0 Å². The predicted octanol–water partition coefficient (Wildman–Crippen LogP) is -1.52. The van der Waals surface area contributed by atoms with Crippen LogP contribution in [0.25, 0.3) is 0 Å². The van der Waals surface area contributed by atoms with Crippen LogP contribution in [0.15, 0.2) is 0 Å². The molecule has 0 aromatic rings. The summed E-state index contributed by atoms with van der Waals surface area (Å²) >= 11 is 0. The number of hydrogen-bond donors (Lipinski definition) is 0. The number of rotatable bonds is 0. The van der Waals surface area contributed by atoms with Gasteiger partial charge in [-0.1, -0.05) is 0 Å². The molecule has 0 saturated carbocycles. The van der Waals surface area contributed by atoms with Crippen molar-refractivity contribution >= 4 is 70.2 Å². The van der Waals surface area contributed by atoms with Gasteiger partial charge < -0.3 is 0 Å². The maximum atomic E-state index is 0. The molecule has 0 heterocycles. The van der Waals surface area contributed by atoms with Gasteiger partial charge in [-0.15, -0.1) is 0 Å². The summed E-state index contributed by atoms with van der Waals surface area (Å²) in [5.74, 6) is 0. The van der Waals surface area contributed by atoms with Crippen LogP contribution in [0.4, 0.5) is 0 Å². The van der Waals surface area contributed by atoms with E-state index in [1.807, 2.05) is 0 Å². The Morgan fingerprint density at radius 1 is 1.00 bits per heavy atom. The van der Waals surface area contributed by atoms with Crippen molar-refractivity contribution in [1.82, 2.24) is 0 Å². The average molecular weight is 303 g/mol. The summed E-state index contributed by atoms with van der Waals surface area (Å²) in [5.41, 5.74) is 0. The fraction of sp³-hybridized carbons (Fsp3) is 0. The first kappa shape index (κ1) is 35.9. The Morgan fingerprint density at radius 2 is 1.00 bits per heavy atom. The molecule has 0 aliphatic heterocycles. The SMILES string of the molecule is [As].[Ge].[Si].[Te]. The molecule has 0 atom stereocenters. The van der Waals surface area contributed by atoms with E-state index in [2.05, 4.69) is 0 Å². The monoisotopic (exact) mass is 307 g/mol. The molecule has 19 valence electrons. The Labute approximate surface area is 69.5 Å². The maximum absolute atomic E-state index is 0. The van der Waals surface area contributed by atoms with Crippen molar-refractivity contribution in [2.75, 3.05) is 0 Å². The Morgan fingerprint density at radius 3 is 1.00 bits per heavy atom. The van der Waals surface area contributed by atoms with E-state index >= 15 is 0 Å². The normalized spacial score (nSPS) is 0. The largest absolute Gasteiger partial charge is 0 e. The van der Waals surface area contributed by atoms with E-state index in [9.17, 15) is 0 Å². The van der Waals surface area contributed by atoms with E-state index in [1.165, 1.54) is 0 Å². The maximum Gasteiger partial charge on any atom is 0 e. The van der Waals surface area contributed by atoms with E-state index in [-0.39, 0.29) is 70.2 Å². The van der Waals surface area contributed by atoms with Crippen molar-refractivity contribution in [3.8, 4) is 0 Å². The summed E-state index contributed by atoms with van der Waals surface area (Å²) < 4.78 is 0. The minimum absolute atomic E-state index is 0. The smallest absolute Gasteiger partial charge is 0 e. The summed E-state index contributed by atoms with van der Waals surface area (Å²) in [6.07, 6.45) is 0. The molecule has 0 nitrogen and oxygen atoms in total. The molecule has 0 rings (SSSR count). The molecule has 0 aliphatic rings. The Bertz CT molecular complexity index is 8.00. The Kier molecular flexibility index (Phi) is 174. The quantitative estimate of drug-likeness (QED) is 0.477. The van der Waals surface area contributed by atoms with Crippen molar-refractivity contribution in [2.45, 2.75) is 0 Å². The zero-order valence-corrected chi connectivity index (χ0v) is 9.16. The minimum Gasteiger partial charge on any atom is 0 e. The third kappa shape index (κ3) is 8.93. The van der Waals surface area contributed by atoms with Gasteiger partial charge >= 0.3 is 0 Å². The fourth-order valence-electron chi connectivity index (χ4n) is 0.